The van der Waals surface area contributed by atoms with E-state index in [1.165, 1.54) is 16.4 Å². The zero-order valence-electron chi connectivity index (χ0n) is 14.1. The highest BCUT2D eigenvalue weighted by Crippen LogP contribution is 2.29. The third kappa shape index (κ3) is 3.28. The van der Waals surface area contributed by atoms with Crippen molar-refractivity contribution in [3.63, 3.8) is 0 Å². The average molecular weight is 455 g/mol. The number of para-hydroxylation sites is 1. The minimum atomic E-state index is -3.76. The van der Waals surface area contributed by atoms with E-state index in [-0.39, 0.29) is 23.8 Å². The van der Waals surface area contributed by atoms with E-state index < -0.39 is 15.7 Å². The Labute approximate surface area is 163 Å². The standard InChI is InChI=1S/C17H16BrFN4O3S/c18-11-9-13-14(21-17(24)20-13)10-16(11)27(25,26)23-7-5-22(6-8-23)15-4-2-1-3-12(15)19/h1-4,9-10H,5-8H2,(H2,20,21,24). The SMILES string of the molecule is O=c1[nH]c2cc(Br)c(S(=O)(=O)N3CCN(c4ccccc4F)CC3)cc2[nH]1. The van der Waals surface area contributed by atoms with E-state index in [1.807, 2.05) is 4.90 Å². The van der Waals surface area contributed by atoms with E-state index in [4.69, 9.17) is 0 Å². The fourth-order valence-electron chi connectivity index (χ4n) is 3.25. The number of H-pyrrole nitrogens is 2. The van der Waals surface area contributed by atoms with Gasteiger partial charge in [-0.3, -0.25) is 0 Å². The predicted octanol–water partition coefficient (Wildman–Crippen LogP) is 2.27. The van der Waals surface area contributed by atoms with Crippen LogP contribution in [0.4, 0.5) is 10.1 Å². The van der Waals surface area contributed by atoms with Gasteiger partial charge in [0.1, 0.15) is 5.82 Å². The van der Waals surface area contributed by atoms with Crippen molar-refractivity contribution in [1.29, 1.82) is 0 Å². The van der Waals surface area contributed by atoms with E-state index >= 15 is 0 Å². The van der Waals surface area contributed by atoms with Crippen LogP contribution in [-0.4, -0.2) is 48.9 Å². The van der Waals surface area contributed by atoms with Crippen LogP contribution in [0.1, 0.15) is 0 Å². The molecule has 3 aromatic rings. The Balaban J connectivity index is 1.60. The van der Waals surface area contributed by atoms with Gasteiger partial charge in [-0.05, 0) is 40.2 Å². The van der Waals surface area contributed by atoms with Crippen LogP contribution >= 0.6 is 15.9 Å². The fourth-order valence-corrected chi connectivity index (χ4v) is 5.70. The van der Waals surface area contributed by atoms with Gasteiger partial charge in [-0.1, -0.05) is 12.1 Å². The molecule has 1 saturated heterocycles. The molecule has 1 aromatic heterocycles. The second-order valence-electron chi connectivity index (χ2n) is 6.25. The normalized spacial score (nSPS) is 16.1. The molecule has 1 fully saturated rings. The summed E-state index contributed by atoms with van der Waals surface area (Å²) < 4.78 is 41.9. The maximum atomic E-state index is 14.0. The van der Waals surface area contributed by atoms with Gasteiger partial charge in [-0.2, -0.15) is 4.31 Å². The smallest absolute Gasteiger partial charge is 0.323 e. The lowest BCUT2D eigenvalue weighted by Gasteiger charge is -2.35. The van der Waals surface area contributed by atoms with E-state index in [0.29, 0.717) is 34.3 Å². The Morgan fingerprint density at radius 3 is 2.30 bits per heavy atom. The summed E-state index contributed by atoms with van der Waals surface area (Å²) in [6.07, 6.45) is 0. The molecule has 2 aromatic carbocycles. The number of benzene rings is 2. The number of nitrogens with one attached hydrogen (secondary N) is 2. The molecule has 142 valence electrons. The highest BCUT2D eigenvalue weighted by atomic mass is 79.9. The molecule has 2 heterocycles. The van der Waals surface area contributed by atoms with E-state index in [2.05, 4.69) is 25.9 Å². The van der Waals surface area contributed by atoms with Crippen LogP contribution in [0, 0.1) is 5.82 Å². The molecule has 0 amide bonds. The lowest BCUT2D eigenvalue weighted by molar-refractivity contribution is 0.383. The van der Waals surface area contributed by atoms with Crippen molar-refractivity contribution in [2.24, 2.45) is 0 Å². The molecule has 0 spiro atoms. The van der Waals surface area contributed by atoms with Crippen LogP contribution in [0.5, 0.6) is 0 Å². The van der Waals surface area contributed by atoms with Crippen LogP contribution in [0.15, 0.2) is 50.6 Å². The molecule has 0 bridgehead atoms. The Morgan fingerprint density at radius 1 is 1.00 bits per heavy atom. The van der Waals surface area contributed by atoms with Gasteiger partial charge in [-0.15, -0.1) is 0 Å². The van der Waals surface area contributed by atoms with Gasteiger partial charge in [0.15, 0.2) is 0 Å². The van der Waals surface area contributed by atoms with Gasteiger partial charge in [0, 0.05) is 30.7 Å². The van der Waals surface area contributed by atoms with Crippen molar-refractivity contribution >= 4 is 42.7 Å². The highest BCUT2D eigenvalue weighted by molar-refractivity contribution is 9.10. The summed E-state index contributed by atoms with van der Waals surface area (Å²) in [6, 6.07) is 9.46. The minimum Gasteiger partial charge on any atom is -0.367 e. The summed E-state index contributed by atoms with van der Waals surface area (Å²) in [5, 5.41) is 0. The summed E-state index contributed by atoms with van der Waals surface area (Å²) in [5.74, 6) is -0.321. The van der Waals surface area contributed by atoms with E-state index in [1.54, 1.807) is 24.3 Å². The molecule has 7 nitrogen and oxygen atoms in total. The number of fused-ring (bicyclic) bond motifs is 1. The number of sulfonamides is 1. The monoisotopic (exact) mass is 454 g/mol. The van der Waals surface area contributed by atoms with Crippen LogP contribution in [0.25, 0.3) is 11.0 Å². The number of hydrogen-bond donors (Lipinski definition) is 2. The Kier molecular flexibility index (Phi) is 4.57. The summed E-state index contributed by atoms with van der Waals surface area (Å²) in [6.45, 7) is 1.26. The second kappa shape index (κ2) is 6.77. The third-order valence-corrected chi connectivity index (χ3v) is 7.48. The number of rotatable bonds is 3. The van der Waals surface area contributed by atoms with Crippen LogP contribution in [0.2, 0.25) is 0 Å². The van der Waals surface area contributed by atoms with Gasteiger partial charge in [0.05, 0.1) is 21.6 Å². The van der Waals surface area contributed by atoms with Crippen LogP contribution in [0.3, 0.4) is 0 Å². The molecule has 1 aliphatic rings. The van der Waals surface area contributed by atoms with Crippen molar-refractivity contribution in [3.8, 4) is 0 Å². The minimum absolute atomic E-state index is 0.0876. The number of piperazine rings is 1. The van der Waals surface area contributed by atoms with Crippen molar-refractivity contribution in [3.05, 3.63) is 57.2 Å². The summed E-state index contributed by atoms with van der Waals surface area (Å²) in [5.41, 5.74) is 1.02. The predicted molar refractivity (Wildman–Crippen MR) is 104 cm³/mol. The van der Waals surface area contributed by atoms with Crippen LogP contribution < -0.4 is 10.6 Å². The number of halogens is 2. The second-order valence-corrected chi connectivity index (χ2v) is 9.01. The summed E-state index contributed by atoms with van der Waals surface area (Å²) in [4.78, 5) is 18.5. The fraction of sp³-hybridized carbons (Fsp3) is 0.235. The van der Waals surface area contributed by atoms with Crippen molar-refractivity contribution in [1.82, 2.24) is 14.3 Å². The number of anilines is 1. The van der Waals surface area contributed by atoms with Gasteiger partial charge in [-0.25, -0.2) is 17.6 Å². The number of imidazole rings is 1. The first-order valence-electron chi connectivity index (χ1n) is 8.27. The van der Waals surface area contributed by atoms with Gasteiger partial charge in [0.25, 0.3) is 0 Å². The summed E-state index contributed by atoms with van der Waals surface area (Å²) >= 11 is 3.29. The van der Waals surface area contributed by atoms with E-state index in [9.17, 15) is 17.6 Å². The van der Waals surface area contributed by atoms with Crippen LogP contribution in [-0.2, 0) is 10.0 Å². The number of hydrogen-bond acceptors (Lipinski definition) is 4. The number of aromatic nitrogens is 2. The van der Waals surface area contributed by atoms with Crippen molar-refractivity contribution in [2.75, 3.05) is 31.1 Å². The summed E-state index contributed by atoms with van der Waals surface area (Å²) in [7, 11) is -3.76. The Morgan fingerprint density at radius 2 is 1.63 bits per heavy atom. The topological polar surface area (TPSA) is 89.3 Å². The molecule has 0 saturated carbocycles. The van der Waals surface area contributed by atoms with Gasteiger partial charge < -0.3 is 14.9 Å². The molecule has 10 heteroatoms. The number of aromatic amines is 2. The Hall–Kier alpha value is -2.17. The Bertz CT molecular complexity index is 1170. The lowest BCUT2D eigenvalue weighted by Crippen LogP contribution is -2.49. The number of nitrogens with zero attached hydrogens (tertiary/aromatic N) is 2. The largest absolute Gasteiger partial charge is 0.367 e. The molecule has 27 heavy (non-hydrogen) atoms. The molecule has 0 unspecified atom stereocenters. The molecule has 0 aliphatic carbocycles. The average Bonchev–Trinajstić information content (AvgIpc) is 3.00. The first kappa shape index (κ1) is 18.2. The maximum Gasteiger partial charge on any atom is 0.323 e. The van der Waals surface area contributed by atoms with Gasteiger partial charge in [0.2, 0.25) is 10.0 Å². The highest BCUT2D eigenvalue weighted by Gasteiger charge is 2.31. The maximum absolute atomic E-state index is 14.0. The molecular weight excluding hydrogens is 439 g/mol. The molecule has 2 N–H and O–H groups in total. The van der Waals surface area contributed by atoms with Gasteiger partial charge >= 0.3 is 5.69 Å². The molecule has 4 rings (SSSR count). The van der Waals surface area contributed by atoms with E-state index in [0.717, 1.165) is 0 Å². The molecule has 0 atom stereocenters. The zero-order valence-corrected chi connectivity index (χ0v) is 16.5. The zero-order chi connectivity index (χ0) is 19.2. The first-order chi connectivity index (χ1) is 12.9. The lowest BCUT2D eigenvalue weighted by atomic mass is 10.2. The first-order valence-corrected chi connectivity index (χ1v) is 10.5. The van der Waals surface area contributed by atoms with Crippen molar-refractivity contribution < 1.29 is 12.8 Å². The molecule has 1 aliphatic heterocycles. The molecule has 0 radical (unpaired) electrons. The third-order valence-electron chi connectivity index (χ3n) is 4.62. The molecular formula is C17H16BrFN4O3S. The quantitative estimate of drug-likeness (QED) is 0.635. The van der Waals surface area contributed by atoms with Crippen molar-refractivity contribution in [2.45, 2.75) is 4.90 Å².